The summed E-state index contributed by atoms with van der Waals surface area (Å²) >= 11 is 0. The lowest BCUT2D eigenvalue weighted by Crippen LogP contribution is -2.32. The molecule has 1 aromatic carbocycles. The lowest BCUT2D eigenvalue weighted by atomic mass is 10.1. The normalized spacial score (nSPS) is 14.0. The number of esters is 1. The number of hydrogen-bond donors (Lipinski definition) is 2. The summed E-state index contributed by atoms with van der Waals surface area (Å²) in [5.74, 6) is -0.357. The third kappa shape index (κ3) is 6.50. The average molecular weight is 360 g/mol. The summed E-state index contributed by atoms with van der Waals surface area (Å²) in [4.78, 5) is 35.7. The fourth-order valence-corrected chi connectivity index (χ4v) is 2.94. The Labute approximate surface area is 154 Å². The Morgan fingerprint density at radius 3 is 2.46 bits per heavy atom. The van der Waals surface area contributed by atoms with E-state index >= 15 is 0 Å². The van der Waals surface area contributed by atoms with Crippen LogP contribution in [0, 0.1) is 5.92 Å². The molecule has 26 heavy (non-hydrogen) atoms. The van der Waals surface area contributed by atoms with Gasteiger partial charge in [-0.25, -0.2) is 4.79 Å². The summed E-state index contributed by atoms with van der Waals surface area (Å²) < 4.78 is 5.14. The molecule has 0 saturated heterocycles. The van der Waals surface area contributed by atoms with Crippen molar-refractivity contribution in [2.45, 2.75) is 51.9 Å². The molecule has 0 bridgehead atoms. The van der Waals surface area contributed by atoms with Gasteiger partial charge in [0.15, 0.2) is 0 Å². The van der Waals surface area contributed by atoms with Crippen LogP contribution in [-0.2, 0) is 14.3 Å². The minimum atomic E-state index is -0.356. The van der Waals surface area contributed by atoms with Gasteiger partial charge in [0.25, 0.3) is 0 Å². The zero-order valence-corrected chi connectivity index (χ0v) is 15.4. The van der Waals surface area contributed by atoms with Crippen LogP contribution in [-0.4, -0.2) is 30.9 Å². The van der Waals surface area contributed by atoms with Crippen LogP contribution < -0.4 is 10.6 Å². The van der Waals surface area contributed by atoms with Crippen molar-refractivity contribution in [3.8, 4) is 0 Å². The predicted molar refractivity (Wildman–Crippen MR) is 99.8 cm³/mol. The van der Waals surface area contributed by atoms with E-state index in [9.17, 15) is 14.4 Å². The number of carbonyl (C=O) groups is 3. The van der Waals surface area contributed by atoms with Crippen LogP contribution in [0.1, 0.15) is 62.2 Å². The van der Waals surface area contributed by atoms with E-state index < -0.39 is 0 Å². The first-order chi connectivity index (χ1) is 12.6. The summed E-state index contributed by atoms with van der Waals surface area (Å²) in [6.45, 7) is 2.79. The summed E-state index contributed by atoms with van der Waals surface area (Å²) in [5.41, 5.74) is 1.07. The van der Waals surface area contributed by atoms with E-state index in [1.807, 2.05) is 6.92 Å². The molecule has 2 amide bonds. The number of ether oxygens (including phenoxy) is 1. The Kier molecular flexibility index (Phi) is 8.12. The Hall–Kier alpha value is -2.37. The molecule has 0 heterocycles. The summed E-state index contributed by atoms with van der Waals surface area (Å²) in [5, 5.41) is 5.59. The Morgan fingerprint density at radius 1 is 1.12 bits per heavy atom. The second-order valence-corrected chi connectivity index (χ2v) is 6.64. The molecule has 2 rings (SSSR count). The van der Waals surface area contributed by atoms with Gasteiger partial charge in [0.05, 0.1) is 12.2 Å². The quantitative estimate of drug-likeness (QED) is 0.523. The van der Waals surface area contributed by atoms with Crippen molar-refractivity contribution in [2.75, 3.05) is 18.5 Å². The molecular formula is C20H28N2O4. The van der Waals surface area contributed by atoms with Gasteiger partial charge in [-0.2, -0.15) is 0 Å². The zero-order valence-electron chi connectivity index (χ0n) is 15.4. The van der Waals surface area contributed by atoms with Crippen molar-refractivity contribution >= 4 is 23.5 Å². The summed E-state index contributed by atoms with van der Waals surface area (Å²) in [6, 6.07) is 6.61. The van der Waals surface area contributed by atoms with Gasteiger partial charge < -0.3 is 15.4 Å². The van der Waals surface area contributed by atoms with Crippen LogP contribution >= 0.6 is 0 Å². The van der Waals surface area contributed by atoms with Gasteiger partial charge in [-0.05, 0) is 43.5 Å². The lowest BCUT2D eigenvalue weighted by Gasteiger charge is -2.10. The summed E-state index contributed by atoms with van der Waals surface area (Å²) in [6.07, 6.45) is 6.16. The van der Waals surface area contributed by atoms with E-state index in [0.717, 1.165) is 38.5 Å². The standard InChI is InChI=1S/C20H28N2O4/c1-2-3-14-26-20(25)16-8-10-17(11-9-16)22-18(23)12-13-21-19(24)15-6-4-5-7-15/h8-11,15H,2-7,12-14H2,1H3,(H,21,24)(H,22,23). The van der Waals surface area contributed by atoms with Gasteiger partial charge >= 0.3 is 5.97 Å². The van der Waals surface area contributed by atoms with Crippen LogP contribution in [0.3, 0.4) is 0 Å². The fourth-order valence-electron chi connectivity index (χ4n) is 2.94. The molecule has 2 N–H and O–H groups in total. The maximum atomic E-state index is 12.0. The molecule has 1 aromatic rings. The van der Waals surface area contributed by atoms with Crippen LogP contribution in [0.2, 0.25) is 0 Å². The molecule has 1 saturated carbocycles. The van der Waals surface area contributed by atoms with E-state index in [0.29, 0.717) is 24.4 Å². The van der Waals surface area contributed by atoms with Gasteiger partial charge in [-0.15, -0.1) is 0 Å². The molecule has 6 heteroatoms. The van der Waals surface area contributed by atoms with Crippen molar-refractivity contribution in [2.24, 2.45) is 5.92 Å². The Morgan fingerprint density at radius 2 is 1.81 bits per heavy atom. The van der Waals surface area contributed by atoms with Gasteiger partial charge in [-0.3, -0.25) is 9.59 Å². The van der Waals surface area contributed by atoms with Gasteiger partial charge in [0.1, 0.15) is 0 Å². The topological polar surface area (TPSA) is 84.5 Å². The smallest absolute Gasteiger partial charge is 0.338 e. The molecule has 142 valence electrons. The fraction of sp³-hybridized carbons (Fsp3) is 0.550. The second-order valence-electron chi connectivity index (χ2n) is 6.64. The second kappa shape index (κ2) is 10.6. The number of hydrogen-bond acceptors (Lipinski definition) is 4. The average Bonchev–Trinajstić information content (AvgIpc) is 3.17. The van der Waals surface area contributed by atoms with Crippen molar-refractivity contribution in [3.05, 3.63) is 29.8 Å². The number of rotatable bonds is 9. The van der Waals surface area contributed by atoms with E-state index in [2.05, 4.69) is 10.6 Å². The highest BCUT2D eigenvalue weighted by Gasteiger charge is 2.22. The van der Waals surface area contributed by atoms with Crippen molar-refractivity contribution in [3.63, 3.8) is 0 Å². The number of amides is 2. The molecule has 0 spiro atoms. The van der Waals surface area contributed by atoms with Crippen LogP contribution in [0.4, 0.5) is 5.69 Å². The van der Waals surface area contributed by atoms with Gasteiger partial charge in [0, 0.05) is 24.6 Å². The first-order valence-corrected chi connectivity index (χ1v) is 9.45. The van der Waals surface area contributed by atoms with Crippen molar-refractivity contribution in [1.29, 1.82) is 0 Å². The minimum absolute atomic E-state index is 0.0567. The molecule has 1 aliphatic rings. The highest BCUT2D eigenvalue weighted by atomic mass is 16.5. The minimum Gasteiger partial charge on any atom is -0.462 e. The Balaban J connectivity index is 1.69. The molecular weight excluding hydrogens is 332 g/mol. The maximum Gasteiger partial charge on any atom is 0.338 e. The van der Waals surface area contributed by atoms with Gasteiger partial charge in [0.2, 0.25) is 11.8 Å². The molecule has 1 fully saturated rings. The highest BCUT2D eigenvalue weighted by molar-refractivity contribution is 5.93. The maximum absolute atomic E-state index is 12.0. The molecule has 0 radical (unpaired) electrons. The zero-order chi connectivity index (χ0) is 18.8. The molecule has 1 aliphatic carbocycles. The molecule has 6 nitrogen and oxygen atoms in total. The van der Waals surface area contributed by atoms with E-state index in [4.69, 9.17) is 4.74 Å². The van der Waals surface area contributed by atoms with E-state index in [-0.39, 0.29) is 30.1 Å². The van der Waals surface area contributed by atoms with Crippen LogP contribution in [0.25, 0.3) is 0 Å². The number of unbranched alkanes of at least 4 members (excludes halogenated alkanes) is 1. The summed E-state index contributed by atoms with van der Waals surface area (Å²) in [7, 11) is 0. The number of carbonyl (C=O) groups excluding carboxylic acids is 3. The first kappa shape index (κ1) is 19.9. The number of nitrogens with one attached hydrogen (secondary N) is 2. The monoisotopic (exact) mass is 360 g/mol. The largest absolute Gasteiger partial charge is 0.462 e. The van der Waals surface area contributed by atoms with Crippen molar-refractivity contribution < 1.29 is 19.1 Å². The Bertz CT molecular complexity index is 607. The third-order valence-electron chi connectivity index (χ3n) is 4.51. The molecule has 0 unspecified atom stereocenters. The highest BCUT2D eigenvalue weighted by Crippen LogP contribution is 2.24. The van der Waals surface area contributed by atoms with Gasteiger partial charge in [-0.1, -0.05) is 26.2 Å². The van der Waals surface area contributed by atoms with Crippen LogP contribution in [0.15, 0.2) is 24.3 Å². The van der Waals surface area contributed by atoms with Crippen LogP contribution in [0.5, 0.6) is 0 Å². The number of benzene rings is 1. The van der Waals surface area contributed by atoms with E-state index in [1.165, 1.54) is 0 Å². The van der Waals surface area contributed by atoms with E-state index in [1.54, 1.807) is 24.3 Å². The van der Waals surface area contributed by atoms with Crippen molar-refractivity contribution in [1.82, 2.24) is 5.32 Å². The molecule has 0 aromatic heterocycles. The molecule has 0 aliphatic heterocycles. The lowest BCUT2D eigenvalue weighted by molar-refractivity contribution is -0.124. The SMILES string of the molecule is CCCCOC(=O)c1ccc(NC(=O)CCNC(=O)C2CCCC2)cc1. The first-order valence-electron chi connectivity index (χ1n) is 9.45. The number of anilines is 1. The predicted octanol–water partition coefficient (Wildman–Crippen LogP) is 3.28. The molecule has 0 atom stereocenters. The third-order valence-corrected chi connectivity index (χ3v) is 4.51.